The number of nitrogens with one attached hydrogen (secondary N) is 2. The number of piperidine rings is 1. The van der Waals surface area contributed by atoms with Crippen molar-refractivity contribution in [1.29, 1.82) is 5.26 Å². The van der Waals surface area contributed by atoms with Crippen molar-refractivity contribution >= 4 is 11.6 Å². The first kappa shape index (κ1) is 14.4. The van der Waals surface area contributed by atoms with Gasteiger partial charge in [-0.2, -0.15) is 5.26 Å². The van der Waals surface area contributed by atoms with Crippen LogP contribution in [0.2, 0.25) is 0 Å². The predicted octanol–water partition coefficient (Wildman–Crippen LogP) is 1.92. The molecule has 5 nitrogen and oxygen atoms in total. The highest BCUT2D eigenvalue weighted by Crippen LogP contribution is 2.19. The van der Waals surface area contributed by atoms with Crippen LogP contribution in [0.1, 0.15) is 19.8 Å². The second kappa shape index (κ2) is 6.92. The number of amides is 1. The Hall–Kier alpha value is -2.06. The molecule has 1 saturated heterocycles. The van der Waals surface area contributed by atoms with Gasteiger partial charge in [0, 0.05) is 11.8 Å². The Morgan fingerprint density at radius 2 is 2.45 bits per heavy atom. The molecule has 1 aromatic carbocycles. The van der Waals surface area contributed by atoms with Crippen LogP contribution in [0.4, 0.5) is 5.69 Å². The molecule has 106 valence electrons. The smallest absolute Gasteiger partial charge is 0.241 e. The molecule has 1 aliphatic rings. The van der Waals surface area contributed by atoms with Crippen molar-refractivity contribution in [3.8, 4) is 11.8 Å². The summed E-state index contributed by atoms with van der Waals surface area (Å²) in [6, 6.07) is 8.86. The van der Waals surface area contributed by atoms with Crippen LogP contribution in [0.15, 0.2) is 24.3 Å². The van der Waals surface area contributed by atoms with Gasteiger partial charge in [-0.05, 0) is 37.4 Å². The lowest BCUT2D eigenvalue weighted by atomic mass is 9.94. The predicted molar refractivity (Wildman–Crippen MR) is 76.4 cm³/mol. The zero-order valence-electron chi connectivity index (χ0n) is 11.6. The summed E-state index contributed by atoms with van der Waals surface area (Å²) in [6.45, 7) is 3.04. The second-order valence-corrected chi connectivity index (χ2v) is 5.10. The van der Waals surface area contributed by atoms with Crippen LogP contribution in [-0.4, -0.2) is 25.1 Å². The molecule has 1 heterocycles. The fourth-order valence-corrected chi connectivity index (χ4v) is 2.32. The summed E-state index contributed by atoms with van der Waals surface area (Å²) in [5, 5.41) is 14.6. The molecule has 2 rings (SSSR count). The maximum absolute atomic E-state index is 12.2. The molecule has 0 spiro atoms. The van der Waals surface area contributed by atoms with E-state index in [1.807, 2.05) is 12.1 Å². The number of ether oxygens (including phenoxy) is 1. The number of hydrogen-bond donors (Lipinski definition) is 2. The summed E-state index contributed by atoms with van der Waals surface area (Å²) in [7, 11) is 0. The van der Waals surface area contributed by atoms with Crippen molar-refractivity contribution in [3.63, 3.8) is 0 Å². The summed E-state index contributed by atoms with van der Waals surface area (Å²) in [6.07, 6.45) is 1.97. The number of carbonyl (C=O) groups is 1. The van der Waals surface area contributed by atoms with E-state index in [0.29, 0.717) is 17.4 Å². The highest BCUT2D eigenvalue weighted by atomic mass is 16.5. The van der Waals surface area contributed by atoms with Gasteiger partial charge < -0.3 is 15.4 Å². The van der Waals surface area contributed by atoms with Gasteiger partial charge in [0.2, 0.25) is 5.91 Å². The van der Waals surface area contributed by atoms with E-state index >= 15 is 0 Å². The Morgan fingerprint density at radius 1 is 1.60 bits per heavy atom. The Morgan fingerprint density at radius 3 is 3.20 bits per heavy atom. The van der Waals surface area contributed by atoms with E-state index < -0.39 is 0 Å². The largest absolute Gasteiger partial charge is 0.479 e. The molecule has 0 aromatic heterocycles. The molecule has 0 bridgehead atoms. The first-order chi connectivity index (χ1) is 9.69. The molecule has 0 radical (unpaired) electrons. The van der Waals surface area contributed by atoms with Crippen LogP contribution in [0.3, 0.4) is 0 Å². The maximum Gasteiger partial charge on any atom is 0.241 e. The van der Waals surface area contributed by atoms with E-state index in [9.17, 15) is 4.79 Å². The van der Waals surface area contributed by atoms with Gasteiger partial charge in [0.05, 0.1) is 6.04 Å². The molecule has 1 aliphatic heterocycles. The van der Waals surface area contributed by atoms with Crippen LogP contribution in [0.25, 0.3) is 0 Å². The molecule has 2 atom stereocenters. The van der Waals surface area contributed by atoms with E-state index in [4.69, 9.17) is 10.00 Å². The molecule has 1 aromatic rings. The van der Waals surface area contributed by atoms with Crippen molar-refractivity contribution in [2.75, 3.05) is 18.5 Å². The van der Waals surface area contributed by atoms with Crippen molar-refractivity contribution < 1.29 is 9.53 Å². The highest BCUT2D eigenvalue weighted by molar-refractivity contribution is 5.95. The number of nitriles is 1. The fourth-order valence-electron chi connectivity index (χ4n) is 2.32. The zero-order chi connectivity index (χ0) is 14.4. The van der Waals surface area contributed by atoms with E-state index in [2.05, 4.69) is 17.6 Å². The fraction of sp³-hybridized carbons (Fsp3) is 0.467. The molecule has 2 N–H and O–H groups in total. The van der Waals surface area contributed by atoms with Crippen LogP contribution in [0, 0.1) is 17.2 Å². The summed E-state index contributed by atoms with van der Waals surface area (Å²) in [5.41, 5.74) is 0.686. The second-order valence-electron chi connectivity index (χ2n) is 5.10. The molecular formula is C15H19N3O2. The topological polar surface area (TPSA) is 74.2 Å². The van der Waals surface area contributed by atoms with Gasteiger partial charge in [0.25, 0.3) is 0 Å². The molecular weight excluding hydrogens is 254 g/mol. The van der Waals surface area contributed by atoms with Crippen molar-refractivity contribution in [1.82, 2.24) is 5.32 Å². The summed E-state index contributed by atoms with van der Waals surface area (Å²) >= 11 is 0. The Labute approximate surface area is 118 Å². The minimum Gasteiger partial charge on any atom is -0.479 e. The first-order valence-corrected chi connectivity index (χ1v) is 6.83. The van der Waals surface area contributed by atoms with Gasteiger partial charge in [0.1, 0.15) is 11.8 Å². The SMILES string of the molecule is CC1CCNC(C(=O)Nc2cccc(OCC#N)c2)C1. The molecule has 0 saturated carbocycles. The van der Waals surface area contributed by atoms with Gasteiger partial charge in [-0.15, -0.1) is 0 Å². The number of hydrogen-bond acceptors (Lipinski definition) is 4. The third kappa shape index (κ3) is 3.97. The van der Waals surface area contributed by atoms with Gasteiger partial charge in [-0.3, -0.25) is 4.79 Å². The normalized spacial score (nSPS) is 21.8. The minimum absolute atomic E-state index is 0.000898. The van der Waals surface area contributed by atoms with E-state index in [1.54, 1.807) is 18.2 Å². The highest BCUT2D eigenvalue weighted by Gasteiger charge is 2.24. The van der Waals surface area contributed by atoms with Crippen LogP contribution in [-0.2, 0) is 4.79 Å². The van der Waals surface area contributed by atoms with Gasteiger partial charge >= 0.3 is 0 Å². The molecule has 2 unspecified atom stereocenters. The van der Waals surface area contributed by atoms with Crippen molar-refractivity contribution in [2.45, 2.75) is 25.8 Å². The van der Waals surface area contributed by atoms with E-state index in [-0.39, 0.29) is 18.6 Å². The Bertz CT molecular complexity index is 510. The Balaban J connectivity index is 1.95. The summed E-state index contributed by atoms with van der Waals surface area (Å²) < 4.78 is 5.21. The average Bonchev–Trinajstić information content (AvgIpc) is 2.45. The number of anilines is 1. The maximum atomic E-state index is 12.2. The molecule has 0 aliphatic carbocycles. The van der Waals surface area contributed by atoms with Crippen molar-refractivity contribution in [3.05, 3.63) is 24.3 Å². The van der Waals surface area contributed by atoms with E-state index in [1.165, 1.54) is 0 Å². The third-order valence-electron chi connectivity index (χ3n) is 3.39. The van der Waals surface area contributed by atoms with Crippen LogP contribution >= 0.6 is 0 Å². The van der Waals surface area contributed by atoms with Gasteiger partial charge in [-0.25, -0.2) is 0 Å². The number of benzene rings is 1. The van der Waals surface area contributed by atoms with Gasteiger partial charge in [-0.1, -0.05) is 13.0 Å². The number of nitrogens with zero attached hydrogens (tertiary/aromatic N) is 1. The summed E-state index contributed by atoms with van der Waals surface area (Å²) in [5.74, 6) is 1.13. The lowest BCUT2D eigenvalue weighted by molar-refractivity contribution is -0.119. The first-order valence-electron chi connectivity index (χ1n) is 6.83. The number of carbonyl (C=O) groups excluding carboxylic acids is 1. The Kier molecular flexibility index (Phi) is 4.97. The molecule has 20 heavy (non-hydrogen) atoms. The lowest BCUT2D eigenvalue weighted by Gasteiger charge is -2.27. The average molecular weight is 273 g/mol. The molecule has 5 heteroatoms. The summed E-state index contributed by atoms with van der Waals surface area (Å²) in [4.78, 5) is 12.2. The minimum atomic E-state index is -0.137. The van der Waals surface area contributed by atoms with Crippen molar-refractivity contribution in [2.24, 2.45) is 5.92 Å². The quantitative estimate of drug-likeness (QED) is 0.879. The lowest BCUT2D eigenvalue weighted by Crippen LogP contribution is -2.45. The zero-order valence-corrected chi connectivity index (χ0v) is 11.6. The molecule has 1 amide bonds. The third-order valence-corrected chi connectivity index (χ3v) is 3.39. The van der Waals surface area contributed by atoms with Gasteiger partial charge in [0.15, 0.2) is 6.61 Å². The molecule has 1 fully saturated rings. The van der Waals surface area contributed by atoms with Crippen LogP contribution in [0.5, 0.6) is 5.75 Å². The van der Waals surface area contributed by atoms with E-state index in [0.717, 1.165) is 19.4 Å². The standard InChI is InChI=1S/C15H19N3O2/c1-11-5-7-17-14(9-11)15(19)18-12-3-2-4-13(10-12)20-8-6-16/h2-4,10-11,14,17H,5,7-9H2,1H3,(H,18,19). The number of rotatable bonds is 4. The monoisotopic (exact) mass is 273 g/mol. The van der Waals surface area contributed by atoms with Crippen LogP contribution < -0.4 is 15.4 Å².